The van der Waals surface area contributed by atoms with Gasteiger partial charge in [-0.15, -0.1) is 5.10 Å². The number of hydrogen-bond acceptors (Lipinski definition) is 5. The number of fused-ring (bicyclic) bond motifs is 1. The molecule has 1 aromatic carbocycles. The average Bonchev–Trinajstić information content (AvgIpc) is 3.12. The van der Waals surface area contributed by atoms with E-state index >= 15 is 0 Å². The van der Waals surface area contributed by atoms with Crippen molar-refractivity contribution in [2.45, 2.75) is 26.9 Å². The Hall–Kier alpha value is -2.77. The molecular weight excluding hydrogens is 270 g/mol. The summed E-state index contributed by atoms with van der Waals surface area (Å²) in [7, 11) is 0. The molecule has 2 aromatic heterocycles. The number of anilines is 1. The topological polar surface area (TPSA) is 90.5 Å². The molecule has 0 aliphatic carbocycles. The number of carbonyl (C=O) groups excluding carboxylic acids is 1. The second-order valence-electron chi connectivity index (χ2n) is 4.49. The van der Waals surface area contributed by atoms with Gasteiger partial charge in [-0.1, -0.05) is 5.10 Å². The van der Waals surface area contributed by atoms with Gasteiger partial charge in [0.1, 0.15) is 0 Å². The number of imidazole rings is 1. The van der Waals surface area contributed by atoms with E-state index in [1.165, 1.54) is 4.80 Å². The number of aromatic nitrogens is 6. The molecule has 3 rings (SSSR count). The Bertz CT molecular complexity index is 789. The molecular formula is C13H15N7O. The molecule has 0 aliphatic heterocycles. The molecule has 0 spiro atoms. The molecule has 0 atom stereocenters. The van der Waals surface area contributed by atoms with E-state index in [9.17, 15) is 4.79 Å². The Morgan fingerprint density at radius 3 is 2.86 bits per heavy atom. The summed E-state index contributed by atoms with van der Waals surface area (Å²) in [5, 5.41) is 14.2. The van der Waals surface area contributed by atoms with Gasteiger partial charge < -0.3 is 4.57 Å². The van der Waals surface area contributed by atoms with Gasteiger partial charge in [-0.2, -0.15) is 4.80 Å². The molecule has 0 aliphatic rings. The summed E-state index contributed by atoms with van der Waals surface area (Å²) < 4.78 is 1.98. The van der Waals surface area contributed by atoms with Gasteiger partial charge in [-0.05, 0) is 37.3 Å². The van der Waals surface area contributed by atoms with Gasteiger partial charge in [0.25, 0.3) is 11.9 Å². The van der Waals surface area contributed by atoms with E-state index in [0.29, 0.717) is 12.1 Å². The zero-order valence-corrected chi connectivity index (χ0v) is 11.8. The number of tetrazole rings is 1. The third-order valence-corrected chi connectivity index (χ3v) is 3.18. The van der Waals surface area contributed by atoms with Crippen LogP contribution in [0.25, 0.3) is 11.0 Å². The van der Waals surface area contributed by atoms with Crippen molar-refractivity contribution in [3.63, 3.8) is 0 Å². The minimum Gasteiger partial charge on any atom is -0.331 e. The molecule has 21 heavy (non-hydrogen) atoms. The summed E-state index contributed by atoms with van der Waals surface area (Å²) in [5.74, 6) is -0.0673. The molecule has 0 unspecified atom stereocenters. The lowest BCUT2D eigenvalue weighted by Crippen LogP contribution is -2.13. The van der Waals surface area contributed by atoms with Crippen molar-refractivity contribution < 1.29 is 4.79 Å². The van der Waals surface area contributed by atoms with Gasteiger partial charge in [0.15, 0.2) is 0 Å². The van der Waals surface area contributed by atoms with E-state index in [2.05, 4.69) is 25.7 Å². The number of nitrogens with zero attached hydrogens (tertiary/aromatic N) is 6. The van der Waals surface area contributed by atoms with Crippen LogP contribution >= 0.6 is 0 Å². The fraction of sp³-hybridized carbons (Fsp3) is 0.308. The number of nitrogens with one attached hydrogen (secondary N) is 1. The Balaban J connectivity index is 1.86. The largest absolute Gasteiger partial charge is 0.331 e. The van der Waals surface area contributed by atoms with Gasteiger partial charge in [0.2, 0.25) is 0 Å². The number of amides is 1. The van der Waals surface area contributed by atoms with Crippen molar-refractivity contribution in [2.75, 3.05) is 5.32 Å². The van der Waals surface area contributed by atoms with Gasteiger partial charge >= 0.3 is 0 Å². The maximum Gasteiger partial charge on any atom is 0.270 e. The fourth-order valence-corrected chi connectivity index (χ4v) is 2.05. The maximum atomic E-state index is 12.2. The van der Waals surface area contributed by atoms with Crippen molar-refractivity contribution in [3.05, 3.63) is 30.1 Å². The van der Waals surface area contributed by atoms with Crippen LogP contribution in [0.1, 0.15) is 24.2 Å². The van der Waals surface area contributed by atoms with Crippen LogP contribution in [-0.4, -0.2) is 35.7 Å². The van der Waals surface area contributed by atoms with Crippen LogP contribution in [0.4, 0.5) is 5.95 Å². The third kappa shape index (κ3) is 2.47. The highest BCUT2D eigenvalue weighted by Gasteiger charge is 2.11. The molecule has 0 saturated heterocycles. The Morgan fingerprint density at radius 2 is 2.14 bits per heavy atom. The summed E-state index contributed by atoms with van der Waals surface area (Å²) in [5.41, 5.74) is 2.32. The predicted octanol–water partition coefficient (Wildman–Crippen LogP) is 1.31. The highest BCUT2D eigenvalue weighted by atomic mass is 16.1. The second-order valence-corrected chi connectivity index (χ2v) is 4.49. The average molecular weight is 285 g/mol. The minimum absolute atomic E-state index is 0.200. The number of aryl methyl sites for hydroxylation is 2. The Labute approximate surface area is 120 Å². The minimum atomic E-state index is -0.267. The number of carbonyl (C=O) groups is 1. The normalized spacial score (nSPS) is 11.0. The zero-order chi connectivity index (χ0) is 14.8. The quantitative estimate of drug-likeness (QED) is 0.780. The SMILES string of the molecule is CCn1nnc(NC(=O)c2ccc3ncn(CC)c3c2)n1. The first kappa shape index (κ1) is 13.2. The second kappa shape index (κ2) is 5.31. The third-order valence-electron chi connectivity index (χ3n) is 3.18. The smallest absolute Gasteiger partial charge is 0.270 e. The van der Waals surface area contributed by atoms with Gasteiger partial charge in [0, 0.05) is 12.1 Å². The van der Waals surface area contributed by atoms with Crippen molar-refractivity contribution in [2.24, 2.45) is 0 Å². The van der Waals surface area contributed by atoms with Gasteiger partial charge in [-0.25, -0.2) is 4.98 Å². The van der Waals surface area contributed by atoms with Crippen LogP contribution in [0.3, 0.4) is 0 Å². The zero-order valence-electron chi connectivity index (χ0n) is 11.8. The van der Waals surface area contributed by atoms with Gasteiger partial charge in [-0.3, -0.25) is 10.1 Å². The molecule has 0 bridgehead atoms. The first-order chi connectivity index (χ1) is 10.2. The summed E-state index contributed by atoms with van der Waals surface area (Å²) in [6.45, 7) is 5.33. The first-order valence-electron chi connectivity index (χ1n) is 6.75. The summed E-state index contributed by atoms with van der Waals surface area (Å²) >= 11 is 0. The van der Waals surface area contributed by atoms with Crippen LogP contribution in [-0.2, 0) is 13.1 Å². The number of hydrogen-bond donors (Lipinski definition) is 1. The molecule has 0 fully saturated rings. The highest BCUT2D eigenvalue weighted by molar-refractivity contribution is 6.05. The maximum absolute atomic E-state index is 12.2. The van der Waals surface area contributed by atoms with Crippen LogP contribution in [0.5, 0.6) is 0 Å². The molecule has 3 aromatic rings. The van der Waals surface area contributed by atoms with Crippen LogP contribution in [0.2, 0.25) is 0 Å². The molecule has 0 radical (unpaired) electrons. The van der Waals surface area contributed by atoms with Crippen LogP contribution in [0.15, 0.2) is 24.5 Å². The Morgan fingerprint density at radius 1 is 1.29 bits per heavy atom. The number of benzene rings is 1. The first-order valence-corrected chi connectivity index (χ1v) is 6.75. The van der Waals surface area contributed by atoms with E-state index in [1.54, 1.807) is 12.4 Å². The fourth-order valence-electron chi connectivity index (χ4n) is 2.05. The molecule has 2 heterocycles. The molecule has 0 saturated carbocycles. The summed E-state index contributed by atoms with van der Waals surface area (Å²) in [6.07, 6.45) is 1.76. The molecule has 1 N–H and O–H groups in total. The van der Waals surface area contributed by atoms with E-state index in [4.69, 9.17) is 0 Å². The van der Waals surface area contributed by atoms with Crippen molar-refractivity contribution in [1.82, 2.24) is 29.8 Å². The summed E-state index contributed by atoms with van der Waals surface area (Å²) in [6, 6.07) is 5.37. The van der Waals surface area contributed by atoms with E-state index < -0.39 is 0 Å². The molecule has 108 valence electrons. The molecule has 1 amide bonds. The lowest BCUT2D eigenvalue weighted by Gasteiger charge is -2.03. The van der Waals surface area contributed by atoms with Crippen molar-refractivity contribution >= 4 is 22.9 Å². The monoisotopic (exact) mass is 285 g/mol. The van der Waals surface area contributed by atoms with E-state index in [1.807, 2.05) is 30.5 Å². The van der Waals surface area contributed by atoms with E-state index in [0.717, 1.165) is 17.6 Å². The lowest BCUT2D eigenvalue weighted by atomic mass is 10.2. The highest BCUT2D eigenvalue weighted by Crippen LogP contribution is 2.15. The standard InChI is InChI=1S/C13H15N7O/c1-3-19-8-14-10-6-5-9(7-11(10)19)12(21)15-13-16-18-20(4-2)17-13/h5-8H,3-4H2,1-2H3,(H,15,17,21). The van der Waals surface area contributed by atoms with Crippen LogP contribution < -0.4 is 5.32 Å². The molecule has 8 heteroatoms. The Kier molecular flexibility index (Phi) is 3.35. The van der Waals surface area contributed by atoms with Gasteiger partial charge in [0.05, 0.1) is 23.9 Å². The predicted molar refractivity (Wildman–Crippen MR) is 76.9 cm³/mol. The summed E-state index contributed by atoms with van der Waals surface area (Å²) in [4.78, 5) is 17.9. The van der Waals surface area contributed by atoms with E-state index in [-0.39, 0.29) is 11.9 Å². The lowest BCUT2D eigenvalue weighted by molar-refractivity contribution is 0.102. The molecule has 8 nitrogen and oxygen atoms in total. The number of rotatable bonds is 4. The van der Waals surface area contributed by atoms with Crippen molar-refractivity contribution in [3.8, 4) is 0 Å². The van der Waals surface area contributed by atoms with Crippen molar-refractivity contribution in [1.29, 1.82) is 0 Å². The van der Waals surface area contributed by atoms with Crippen LogP contribution in [0, 0.1) is 0 Å².